The molecule has 1 unspecified atom stereocenters. The molecule has 0 saturated carbocycles. The van der Waals surface area contributed by atoms with Crippen molar-refractivity contribution in [3.05, 3.63) is 87.8 Å². The predicted molar refractivity (Wildman–Crippen MR) is 111 cm³/mol. The van der Waals surface area contributed by atoms with E-state index in [2.05, 4.69) is 10.4 Å². The number of anilines is 1. The first-order valence-electron chi connectivity index (χ1n) is 9.79. The Morgan fingerprint density at radius 3 is 2.66 bits per heavy atom. The summed E-state index contributed by atoms with van der Waals surface area (Å²) in [6.07, 6.45) is 2.75. The number of nitrogens with zero attached hydrogens (tertiary/aromatic N) is 2. The summed E-state index contributed by atoms with van der Waals surface area (Å²) < 4.78 is 7.03. The highest BCUT2D eigenvalue weighted by atomic mass is 16.5. The second-order valence-electron chi connectivity index (χ2n) is 7.22. The quantitative estimate of drug-likeness (QED) is 0.700. The predicted octanol–water partition coefficient (Wildman–Crippen LogP) is 3.51. The standard InChI is InChI=1S/C23H23N3O3/c1-16(26-22(27)14-18-8-5-9-21(18)25-26)23(28)24-19-10-12-20(13-11-19)29-15-17-6-3-2-4-7-17/h2-4,6-7,10-14,16H,5,8-9,15H2,1H3,(H,24,28). The van der Waals surface area contributed by atoms with Gasteiger partial charge in [-0.25, -0.2) is 4.68 Å². The Kier molecular flexibility index (Phi) is 5.42. The summed E-state index contributed by atoms with van der Waals surface area (Å²) >= 11 is 0. The maximum Gasteiger partial charge on any atom is 0.267 e. The minimum atomic E-state index is -0.692. The van der Waals surface area contributed by atoms with Crippen molar-refractivity contribution in [2.24, 2.45) is 0 Å². The van der Waals surface area contributed by atoms with Crippen molar-refractivity contribution in [2.45, 2.75) is 38.8 Å². The molecular formula is C23H23N3O3. The fourth-order valence-electron chi connectivity index (χ4n) is 3.43. The van der Waals surface area contributed by atoms with Crippen LogP contribution in [0.15, 0.2) is 65.5 Å². The van der Waals surface area contributed by atoms with Crippen LogP contribution < -0.4 is 15.6 Å². The van der Waals surface area contributed by atoms with Crippen molar-refractivity contribution in [1.29, 1.82) is 0 Å². The normalized spacial score (nSPS) is 13.6. The number of nitrogens with one attached hydrogen (secondary N) is 1. The van der Waals surface area contributed by atoms with Crippen LogP contribution in [0.5, 0.6) is 5.75 Å². The molecule has 6 nitrogen and oxygen atoms in total. The summed E-state index contributed by atoms with van der Waals surface area (Å²) in [4.78, 5) is 24.9. The zero-order valence-corrected chi connectivity index (χ0v) is 16.3. The van der Waals surface area contributed by atoms with Crippen LogP contribution in [0.25, 0.3) is 0 Å². The first-order chi connectivity index (χ1) is 14.1. The van der Waals surface area contributed by atoms with Crippen LogP contribution in [0.1, 0.15) is 36.2 Å². The highest BCUT2D eigenvalue weighted by molar-refractivity contribution is 5.93. The average molecular weight is 389 g/mol. The van der Waals surface area contributed by atoms with Crippen LogP contribution in [-0.4, -0.2) is 15.7 Å². The Morgan fingerprint density at radius 2 is 1.90 bits per heavy atom. The zero-order chi connectivity index (χ0) is 20.2. The van der Waals surface area contributed by atoms with Crippen LogP contribution in [-0.2, 0) is 24.2 Å². The van der Waals surface area contributed by atoms with E-state index in [4.69, 9.17) is 4.74 Å². The molecule has 1 aliphatic rings. The third kappa shape index (κ3) is 4.37. The highest BCUT2D eigenvalue weighted by Crippen LogP contribution is 2.20. The largest absolute Gasteiger partial charge is 0.489 e. The zero-order valence-electron chi connectivity index (χ0n) is 16.3. The molecule has 4 rings (SSSR count). The summed E-state index contributed by atoms with van der Waals surface area (Å²) in [6.45, 7) is 2.17. The van der Waals surface area contributed by atoms with Gasteiger partial charge in [0.25, 0.3) is 5.56 Å². The minimum absolute atomic E-state index is 0.238. The number of amides is 1. The molecule has 1 N–H and O–H groups in total. The van der Waals surface area contributed by atoms with Crippen LogP contribution in [0.2, 0.25) is 0 Å². The Labute approximate surface area is 169 Å². The molecule has 1 aliphatic carbocycles. The summed E-state index contributed by atoms with van der Waals surface area (Å²) in [5.74, 6) is 0.437. The minimum Gasteiger partial charge on any atom is -0.489 e. The molecule has 0 bridgehead atoms. The van der Waals surface area contributed by atoms with Gasteiger partial charge >= 0.3 is 0 Å². The number of benzene rings is 2. The molecule has 0 fully saturated rings. The van der Waals surface area contributed by atoms with Gasteiger partial charge in [0.1, 0.15) is 18.4 Å². The lowest BCUT2D eigenvalue weighted by molar-refractivity contribution is -0.119. The van der Waals surface area contributed by atoms with E-state index in [0.717, 1.165) is 41.8 Å². The van der Waals surface area contributed by atoms with Crippen molar-refractivity contribution in [2.75, 3.05) is 5.32 Å². The first kappa shape index (κ1) is 18.9. The monoisotopic (exact) mass is 389 g/mol. The summed E-state index contributed by atoms with van der Waals surface area (Å²) in [7, 11) is 0. The molecule has 6 heteroatoms. The molecular weight excluding hydrogens is 366 g/mol. The molecule has 1 heterocycles. The molecule has 1 atom stereocenters. The van der Waals surface area contributed by atoms with Gasteiger partial charge in [0.2, 0.25) is 5.91 Å². The number of fused-ring (bicyclic) bond motifs is 1. The SMILES string of the molecule is CC(C(=O)Nc1ccc(OCc2ccccc2)cc1)n1nc2c(cc1=O)CCC2. The van der Waals surface area contributed by atoms with Crippen LogP contribution >= 0.6 is 0 Å². The number of aryl methyl sites for hydroxylation is 2. The van der Waals surface area contributed by atoms with Gasteiger partial charge in [-0.3, -0.25) is 9.59 Å². The molecule has 29 heavy (non-hydrogen) atoms. The lowest BCUT2D eigenvalue weighted by Gasteiger charge is -2.15. The third-order valence-corrected chi connectivity index (χ3v) is 5.10. The van der Waals surface area contributed by atoms with Gasteiger partial charge < -0.3 is 10.1 Å². The molecule has 3 aromatic rings. The smallest absolute Gasteiger partial charge is 0.267 e. The molecule has 0 saturated heterocycles. The van der Waals surface area contributed by atoms with E-state index >= 15 is 0 Å². The van der Waals surface area contributed by atoms with E-state index in [1.165, 1.54) is 4.68 Å². The van der Waals surface area contributed by atoms with E-state index < -0.39 is 6.04 Å². The van der Waals surface area contributed by atoms with Gasteiger partial charge in [0.15, 0.2) is 0 Å². The van der Waals surface area contributed by atoms with Crippen molar-refractivity contribution < 1.29 is 9.53 Å². The third-order valence-electron chi connectivity index (χ3n) is 5.10. The lowest BCUT2D eigenvalue weighted by atomic mass is 10.2. The van der Waals surface area contributed by atoms with Crippen molar-refractivity contribution in [3.8, 4) is 5.75 Å². The van der Waals surface area contributed by atoms with Crippen LogP contribution in [0.3, 0.4) is 0 Å². The van der Waals surface area contributed by atoms with Gasteiger partial charge in [0, 0.05) is 11.8 Å². The van der Waals surface area contributed by atoms with E-state index in [1.54, 1.807) is 25.1 Å². The number of hydrogen-bond acceptors (Lipinski definition) is 4. The fourth-order valence-corrected chi connectivity index (χ4v) is 3.43. The fraction of sp³-hybridized carbons (Fsp3) is 0.261. The molecule has 1 amide bonds. The topological polar surface area (TPSA) is 73.2 Å². The van der Waals surface area contributed by atoms with Crippen molar-refractivity contribution in [3.63, 3.8) is 0 Å². The second kappa shape index (κ2) is 8.31. The molecule has 1 aromatic heterocycles. The number of carbonyl (C=O) groups excluding carboxylic acids is 1. The first-order valence-corrected chi connectivity index (χ1v) is 9.79. The highest BCUT2D eigenvalue weighted by Gasteiger charge is 2.21. The maximum absolute atomic E-state index is 12.6. The number of hydrogen-bond donors (Lipinski definition) is 1. The molecule has 148 valence electrons. The number of aromatic nitrogens is 2. The van der Waals surface area contributed by atoms with Crippen molar-refractivity contribution >= 4 is 11.6 Å². The summed E-state index contributed by atoms with van der Waals surface area (Å²) in [5, 5.41) is 7.25. The van der Waals surface area contributed by atoms with Crippen LogP contribution in [0, 0.1) is 0 Å². The molecule has 2 aromatic carbocycles. The van der Waals surface area contributed by atoms with E-state index in [-0.39, 0.29) is 11.5 Å². The van der Waals surface area contributed by atoms with E-state index in [1.807, 2.05) is 42.5 Å². The Morgan fingerprint density at radius 1 is 1.14 bits per heavy atom. The molecule has 0 radical (unpaired) electrons. The molecule has 0 aliphatic heterocycles. The summed E-state index contributed by atoms with van der Waals surface area (Å²) in [6, 6.07) is 18.0. The molecule has 0 spiro atoms. The lowest BCUT2D eigenvalue weighted by Crippen LogP contribution is -2.33. The van der Waals surface area contributed by atoms with Crippen LogP contribution in [0.4, 0.5) is 5.69 Å². The van der Waals surface area contributed by atoms with Gasteiger partial charge in [-0.05, 0) is 61.6 Å². The van der Waals surface area contributed by atoms with E-state index in [9.17, 15) is 9.59 Å². The number of ether oxygens (including phenoxy) is 1. The number of rotatable bonds is 6. The Bertz CT molecular complexity index is 1060. The van der Waals surface area contributed by atoms with E-state index in [0.29, 0.717) is 12.3 Å². The second-order valence-corrected chi connectivity index (χ2v) is 7.22. The number of carbonyl (C=O) groups is 1. The van der Waals surface area contributed by atoms with Gasteiger partial charge in [-0.1, -0.05) is 30.3 Å². The van der Waals surface area contributed by atoms with Gasteiger partial charge in [-0.15, -0.1) is 0 Å². The Hall–Kier alpha value is -3.41. The maximum atomic E-state index is 12.6. The average Bonchev–Trinajstić information content (AvgIpc) is 3.20. The van der Waals surface area contributed by atoms with Gasteiger partial charge in [-0.2, -0.15) is 5.10 Å². The summed E-state index contributed by atoms with van der Waals surface area (Å²) in [5.41, 5.74) is 3.42. The van der Waals surface area contributed by atoms with Gasteiger partial charge in [0.05, 0.1) is 5.69 Å². The Balaban J connectivity index is 1.39. The van der Waals surface area contributed by atoms with Crippen molar-refractivity contribution in [1.82, 2.24) is 9.78 Å².